The minimum Gasteiger partial charge on any atom is -0.379 e. The lowest BCUT2D eigenvalue weighted by Gasteiger charge is -2.31. The van der Waals surface area contributed by atoms with Crippen LogP contribution in [0, 0.1) is 5.41 Å². The van der Waals surface area contributed by atoms with E-state index in [1.807, 2.05) is 35.2 Å². The molecule has 0 aliphatic carbocycles. The van der Waals surface area contributed by atoms with Crippen LogP contribution in [-0.4, -0.2) is 85.8 Å². The quantitative estimate of drug-likeness (QED) is 0.427. The summed E-state index contributed by atoms with van der Waals surface area (Å²) in [6.07, 6.45) is 3.80. The van der Waals surface area contributed by atoms with E-state index < -0.39 is 9.84 Å². The molecule has 2 saturated heterocycles. The summed E-state index contributed by atoms with van der Waals surface area (Å²) in [5.74, 6) is -0.0659. The summed E-state index contributed by atoms with van der Waals surface area (Å²) in [4.78, 5) is 22.0. The van der Waals surface area contributed by atoms with Gasteiger partial charge in [0.05, 0.1) is 50.1 Å². The highest BCUT2D eigenvalue weighted by atomic mass is 32.2. The Morgan fingerprint density at radius 2 is 1.87 bits per heavy atom. The molecular formula is C28H42N4O5S. The highest BCUT2D eigenvalue weighted by Gasteiger charge is 2.29. The van der Waals surface area contributed by atoms with Crippen LogP contribution in [0.2, 0.25) is 0 Å². The van der Waals surface area contributed by atoms with Gasteiger partial charge in [-0.2, -0.15) is 0 Å². The van der Waals surface area contributed by atoms with Crippen molar-refractivity contribution in [2.45, 2.75) is 70.1 Å². The zero-order valence-electron chi connectivity index (χ0n) is 23.0. The molecule has 0 spiro atoms. The zero-order valence-corrected chi connectivity index (χ0v) is 23.8. The summed E-state index contributed by atoms with van der Waals surface area (Å²) in [7, 11) is -3.71. The van der Waals surface area contributed by atoms with Crippen molar-refractivity contribution < 1.29 is 22.7 Å². The number of benzene rings is 1. The van der Waals surface area contributed by atoms with Crippen molar-refractivity contribution in [3.63, 3.8) is 0 Å². The lowest BCUT2D eigenvalue weighted by Crippen LogP contribution is -2.43. The Morgan fingerprint density at radius 3 is 2.53 bits per heavy atom. The molecule has 2 aliphatic heterocycles. The van der Waals surface area contributed by atoms with E-state index in [2.05, 4.69) is 30.7 Å². The van der Waals surface area contributed by atoms with Crippen LogP contribution in [0.1, 0.15) is 51.3 Å². The third-order valence-electron chi connectivity index (χ3n) is 6.97. The van der Waals surface area contributed by atoms with E-state index in [0.717, 1.165) is 38.2 Å². The van der Waals surface area contributed by atoms with Gasteiger partial charge in [0.25, 0.3) is 0 Å². The van der Waals surface area contributed by atoms with E-state index >= 15 is 0 Å². The fraction of sp³-hybridized carbons (Fsp3) is 0.643. The van der Waals surface area contributed by atoms with Gasteiger partial charge in [0.1, 0.15) is 0 Å². The Morgan fingerprint density at radius 1 is 1.13 bits per heavy atom. The Hall–Kier alpha value is -2.27. The standard InChI is InChI=1S/C28H42N4O5S/c1-28(2,3)18-26(33)31(12-11-30-13-16-36-17-14-30)20-24-19-29-27(32(24)21-25-10-7-15-37-25)38(34,35)22-23-8-5-4-6-9-23/h4-6,8-9,19,25H,7,10-18,20-22H2,1-3H3. The van der Waals surface area contributed by atoms with Crippen LogP contribution in [0.5, 0.6) is 0 Å². The monoisotopic (exact) mass is 546 g/mol. The number of hydrogen-bond acceptors (Lipinski definition) is 7. The number of rotatable bonds is 11. The average molecular weight is 547 g/mol. The normalized spacial score (nSPS) is 19.1. The van der Waals surface area contributed by atoms with Gasteiger partial charge in [-0.25, -0.2) is 13.4 Å². The maximum atomic E-state index is 13.5. The largest absolute Gasteiger partial charge is 0.379 e. The van der Waals surface area contributed by atoms with Gasteiger partial charge >= 0.3 is 0 Å². The first kappa shape index (κ1) is 28.7. The minimum atomic E-state index is -3.71. The Labute approximate surface area is 227 Å². The van der Waals surface area contributed by atoms with E-state index in [1.165, 1.54) is 0 Å². The summed E-state index contributed by atoms with van der Waals surface area (Å²) in [6.45, 7) is 12.0. The molecule has 10 heteroatoms. The molecule has 0 saturated carbocycles. The van der Waals surface area contributed by atoms with Gasteiger partial charge in [-0.05, 0) is 23.8 Å². The van der Waals surface area contributed by atoms with E-state index in [-0.39, 0.29) is 28.3 Å². The lowest BCUT2D eigenvalue weighted by molar-refractivity contribution is -0.134. The van der Waals surface area contributed by atoms with Crippen molar-refractivity contribution in [1.82, 2.24) is 19.4 Å². The molecule has 9 nitrogen and oxygen atoms in total. The summed E-state index contributed by atoms with van der Waals surface area (Å²) in [5.41, 5.74) is 1.28. The maximum absolute atomic E-state index is 13.5. The third-order valence-corrected chi connectivity index (χ3v) is 8.56. The van der Waals surface area contributed by atoms with Crippen molar-refractivity contribution in [2.24, 2.45) is 5.41 Å². The number of aromatic nitrogens is 2. The summed E-state index contributed by atoms with van der Waals surface area (Å²) < 4.78 is 40.2. The molecule has 1 atom stereocenters. The van der Waals surface area contributed by atoms with Crippen LogP contribution in [0.3, 0.4) is 0 Å². The second-order valence-corrected chi connectivity index (χ2v) is 13.4. The number of imidazole rings is 1. The lowest BCUT2D eigenvalue weighted by atomic mass is 9.91. The van der Waals surface area contributed by atoms with Crippen molar-refractivity contribution >= 4 is 15.7 Å². The van der Waals surface area contributed by atoms with Crippen LogP contribution in [-0.2, 0) is 42.9 Å². The molecule has 2 aromatic rings. The fourth-order valence-corrected chi connectivity index (χ4v) is 6.45. The van der Waals surface area contributed by atoms with E-state index in [1.54, 1.807) is 10.8 Å². The van der Waals surface area contributed by atoms with E-state index in [4.69, 9.17) is 9.47 Å². The van der Waals surface area contributed by atoms with Gasteiger partial charge in [-0.1, -0.05) is 51.1 Å². The molecule has 38 heavy (non-hydrogen) atoms. The molecule has 3 heterocycles. The molecule has 4 rings (SSSR count). The van der Waals surface area contributed by atoms with Crippen LogP contribution in [0.4, 0.5) is 0 Å². The Balaban J connectivity index is 1.60. The van der Waals surface area contributed by atoms with Crippen LogP contribution in [0.15, 0.2) is 41.7 Å². The molecule has 210 valence electrons. The number of ether oxygens (including phenoxy) is 2. The first-order valence-electron chi connectivity index (χ1n) is 13.6. The first-order valence-corrected chi connectivity index (χ1v) is 15.3. The molecule has 0 bridgehead atoms. The first-order chi connectivity index (χ1) is 18.1. The smallest absolute Gasteiger partial charge is 0.228 e. The molecule has 0 radical (unpaired) electrons. The number of carbonyl (C=O) groups excluding carboxylic acids is 1. The van der Waals surface area contributed by atoms with Gasteiger partial charge in [-0.3, -0.25) is 9.69 Å². The molecule has 0 N–H and O–H groups in total. The molecule has 1 unspecified atom stereocenters. The SMILES string of the molecule is CC(C)(C)CC(=O)N(CCN1CCOCC1)Cc1cnc(S(=O)(=O)Cc2ccccc2)n1CC1CCCO1. The third kappa shape index (κ3) is 8.11. The van der Waals surface area contributed by atoms with Gasteiger partial charge in [0.2, 0.25) is 20.9 Å². The highest BCUT2D eigenvalue weighted by Crippen LogP contribution is 2.24. The summed E-state index contributed by atoms with van der Waals surface area (Å²) >= 11 is 0. The molecule has 1 aromatic carbocycles. The number of carbonyl (C=O) groups is 1. The van der Waals surface area contributed by atoms with Gasteiger partial charge in [0.15, 0.2) is 0 Å². The average Bonchev–Trinajstić information content (AvgIpc) is 3.52. The van der Waals surface area contributed by atoms with Crippen LogP contribution >= 0.6 is 0 Å². The Kier molecular flexibility index (Phi) is 9.62. The van der Waals surface area contributed by atoms with Crippen molar-refractivity contribution in [3.8, 4) is 0 Å². The topological polar surface area (TPSA) is 94.0 Å². The molecule has 2 aliphatic rings. The minimum absolute atomic E-state index is 0.0447. The molecule has 1 aromatic heterocycles. The number of sulfone groups is 1. The van der Waals surface area contributed by atoms with Gasteiger partial charge in [0, 0.05) is 39.2 Å². The number of amides is 1. The fourth-order valence-electron chi connectivity index (χ4n) is 4.95. The second-order valence-electron chi connectivity index (χ2n) is 11.5. The number of hydrogen-bond donors (Lipinski definition) is 0. The predicted molar refractivity (Wildman–Crippen MR) is 145 cm³/mol. The number of nitrogens with zero attached hydrogens (tertiary/aromatic N) is 4. The number of morpholine rings is 1. The summed E-state index contributed by atoms with van der Waals surface area (Å²) in [5, 5.41) is 0.0447. The molecule has 1 amide bonds. The van der Waals surface area contributed by atoms with Crippen LogP contribution in [0.25, 0.3) is 0 Å². The van der Waals surface area contributed by atoms with Gasteiger partial charge in [-0.15, -0.1) is 0 Å². The molecule has 2 fully saturated rings. The zero-order chi connectivity index (χ0) is 27.2. The van der Waals surface area contributed by atoms with Crippen molar-refractivity contribution in [1.29, 1.82) is 0 Å². The van der Waals surface area contributed by atoms with Crippen molar-refractivity contribution in [3.05, 3.63) is 47.8 Å². The maximum Gasteiger partial charge on any atom is 0.228 e. The molecular weight excluding hydrogens is 504 g/mol. The predicted octanol–water partition coefficient (Wildman–Crippen LogP) is 3.13. The van der Waals surface area contributed by atoms with Gasteiger partial charge < -0.3 is 18.9 Å². The second kappa shape index (κ2) is 12.7. The summed E-state index contributed by atoms with van der Waals surface area (Å²) in [6, 6.07) is 9.16. The van der Waals surface area contributed by atoms with Crippen molar-refractivity contribution in [2.75, 3.05) is 46.0 Å². The van der Waals surface area contributed by atoms with E-state index in [0.29, 0.717) is 51.4 Å². The van der Waals surface area contributed by atoms with E-state index in [9.17, 15) is 13.2 Å². The Bertz CT molecular complexity index is 1150. The highest BCUT2D eigenvalue weighted by molar-refractivity contribution is 7.90. The van der Waals surface area contributed by atoms with Crippen LogP contribution < -0.4 is 0 Å².